The molecule has 0 aliphatic carbocycles. The summed E-state index contributed by atoms with van der Waals surface area (Å²) >= 11 is 0. The number of rotatable bonds is 3. The molecule has 0 aliphatic rings. The topological polar surface area (TPSA) is 69.4 Å². The molecular weight excluding hydrogens is 528 g/mol. The smallest absolute Gasteiger partial charge is 0.161 e. The van der Waals surface area contributed by atoms with Crippen molar-refractivity contribution in [1.82, 2.24) is 29.5 Å². The van der Waals surface area contributed by atoms with Crippen LogP contribution in [0.25, 0.3) is 82.8 Å². The molecule has 43 heavy (non-hydrogen) atoms. The fraction of sp³-hybridized carbons (Fsp3) is 0. The molecule has 9 aromatic rings. The first kappa shape index (κ1) is 23.7. The zero-order valence-electron chi connectivity index (χ0n) is 22.9. The fourth-order valence-electron chi connectivity index (χ4n) is 6.27. The Kier molecular flexibility index (Phi) is 5.10. The Morgan fingerprint density at radius 2 is 1.37 bits per heavy atom. The van der Waals surface area contributed by atoms with Gasteiger partial charge in [0.15, 0.2) is 5.82 Å². The van der Waals surface area contributed by atoms with Crippen molar-refractivity contribution in [1.29, 1.82) is 0 Å². The van der Waals surface area contributed by atoms with E-state index in [1.54, 1.807) is 0 Å². The largest absolute Gasteiger partial charge is 0.292 e. The lowest BCUT2D eigenvalue weighted by molar-refractivity contribution is 1.08. The fourth-order valence-corrected chi connectivity index (χ4v) is 6.27. The van der Waals surface area contributed by atoms with Gasteiger partial charge in [-0.1, -0.05) is 54.6 Å². The molecule has 6 nitrogen and oxygen atoms in total. The van der Waals surface area contributed by atoms with Crippen molar-refractivity contribution in [2.75, 3.05) is 0 Å². The summed E-state index contributed by atoms with van der Waals surface area (Å²) in [5, 5.41) is 6.42. The molecule has 0 amide bonds. The third kappa shape index (κ3) is 3.63. The summed E-state index contributed by atoms with van der Waals surface area (Å²) in [6.07, 6.45) is 7.41. The highest BCUT2D eigenvalue weighted by molar-refractivity contribution is 6.12. The van der Waals surface area contributed by atoms with Crippen LogP contribution in [-0.2, 0) is 0 Å². The van der Waals surface area contributed by atoms with Gasteiger partial charge in [-0.25, -0.2) is 15.0 Å². The van der Waals surface area contributed by atoms with E-state index in [0.29, 0.717) is 5.82 Å². The van der Waals surface area contributed by atoms with Crippen molar-refractivity contribution in [2.24, 2.45) is 0 Å². The third-order valence-corrected chi connectivity index (χ3v) is 8.16. The summed E-state index contributed by atoms with van der Waals surface area (Å²) < 4.78 is 2.17. The summed E-state index contributed by atoms with van der Waals surface area (Å²) in [4.78, 5) is 24.4. The average molecular weight is 551 g/mol. The second-order valence-corrected chi connectivity index (χ2v) is 10.6. The molecule has 6 heteroatoms. The van der Waals surface area contributed by atoms with Crippen molar-refractivity contribution in [3.05, 3.63) is 134 Å². The SMILES string of the molecule is c1ccc(-n2c3ccc(-c4nc(-c5c6ccccc6cc6ccncc56)nc5ccccc45)cc3c3ncccc32)nc1. The first-order chi connectivity index (χ1) is 21.3. The molecule has 0 atom stereocenters. The van der Waals surface area contributed by atoms with Crippen LogP contribution in [0.2, 0.25) is 0 Å². The number of hydrogen-bond acceptors (Lipinski definition) is 5. The molecule has 0 saturated carbocycles. The minimum atomic E-state index is 0.678. The van der Waals surface area contributed by atoms with Gasteiger partial charge >= 0.3 is 0 Å². The summed E-state index contributed by atoms with van der Waals surface area (Å²) in [6, 6.07) is 37.4. The molecule has 5 aromatic heterocycles. The van der Waals surface area contributed by atoms with E-state index in [4.69, 9.17) is 15.0 Å². The molecule has 0 unspecified atom stereocenters. The van der Waals surface area contributed by atoms with E-state index in [1.807, 2.05) is 67.3 Å². The van der Waals surface area contributed by atoms with Crippen molar-refractivity contribution < 1.29 is 0 Å². The molecule has 0 radical (unpaired) electrons. The second-order valence-electron chi connectivity index (χ2n) is 10.6. The molecule has 4 aromatic carbocycles. The normalized spacial score (nSPS) is 11.7. The van der Waals surface area contributed by atoms with Gasteiger partial charge in [-0.2, -0.15) is 0 Å². The summed E-state index contributed by atoms with van der Waals surface area (Å²) in [5.74, 6) is 1.53. The van der Waals surface area contributed by atoms with Crippen LogP contribution in [0.15, 0.2) is 134 Å². The molecule has 5 heterocycles. The molecule has 0 aliphatic heterocycles. The zero-order chi connectivity index (χ0) is 28.3. The number of benzene rings is 4. The number of fused-ring (bicyclic) bond motifs is 6. The van der Waals surface area contributed by atoms with Crippen LogP contribution in [0.3, 0.4) is 0 Å². The molecule has 0 bridgehead atoms. The minimum absolute atomic E-state index is 0.678. The maximum absolute atomic E-state index is 5.32. The highest BCUT2D eigenvalue weighted by Crippen LogP contribution is 2.38. The van der Waals surface area contributed by atoms with Crippen LogP contribution in [-0.4, -0.2) is 29.5 Å². The Hall–Kier alpha value is -6.01. The number of hydrogen-bond donors (Lipinski definition) is 0. The van der Waals surface area contributed by atoms with Crippen LogP contribution >= 0.6 is 0 Å². The van der Waals surface area contributed by atoms with Crippen LogP contribution in [0, 0.1) is 0 Å². The molecular formula is C37H22N6. The van der Waals surface area contributed by atoms with Crippen molar-refractivity contribution in [3.8, 4) is 28.5 Å². The lowest BCUT2D eigenvalue weighted by Crippen LogP contribution is -1.98. The molecule has 0 fully saturated rings. The highest BCUT2D eigenvalue weighted by Gasteiger charge is 2.19. The monoisotopic (exact) mass is 550 g/mol. The Labute approximate surface area is 246 Å². The van der Waals surface area contributed by atoms with Gasteiger partial charge in [0.2, 0.25) is 0 Å². The van der Waals surface area contributed by atoms with E-state index in [-0.39, 0.29) is 0 Å². The van der Waals surface area contributed by atoms with Gasteiger partial charge in [-0.3, -0.25) is 14.5 Å². The summed E-state index contributed by atoms with van der Waals surface area (Å²) in [6.45, 7) is 0. The van der Waals surface area contributed by atoms with E-state index in [1.165, 1.54) is 0 Å². The van der Waals surface area contributed by atoms with Crippen LogP contribution in [0.5, 0.6) is 0 Å². The predicted octanol–water partition coefficient (Wildman–Crippen LogP) is 8.55. The summed E-state index contributed by atoms with van der Waals surface area (Å²) in [5.41, 5.74) is 6.74. The number of pyridine rings is 3. The predicted molar refractivity (Wildman–Crippen MR) is 173 cm³/mol. The maximum Gasteiger partial charge on any atom is 0.161 e. The van der Waals surface area contributed by atoms with Gasteiger partial charge in [-0.05, 0) is 70.8 Å². The Balaban J connectivity index is 1.35. The minimum Gasteiger partial charge on any atom is -0.292 e. The summed E-state index contributed by atoms with van der Waals surface area (Å²) in [7, 11) is 0. The van der Waals surface area contributed by atoms with Gasteiger partial charge in [0.1, 0.15) is 5.82 Å². The first-order valence-electron chi connectivity index (χ1n) is 14.2. The van der Waals surface area contributed by atoms with Gasteiger partial charge in [0, 0.05) is 52.1 Å². The van der Waals surface area contributed by atoms with Crippen LogP contribution in [0.4, 0.5) is 0 Å². The van der Waals surface area contributed by atoms with Gasteiger partial charge < -0.3 is 0 Å². The lowest BCUT2D eigenvalue weighted by Gasteiger charge is -2.14. The number of para-hydroxylation sites is 1. The van der Waals surface area contributed by atoms with E-state index >= 15 is 0 Å². The molecule has 0 spiro atoms. The van der Waals surface area contributed by atoms with E-state index < -0.39 is 0 Å². The Morgan fingerprint density at radius 1 is 0.535 bits per heavy atom. The first-order valence-corrected chi connectivity index (χ1v) is 14.2. The quantitative estimate of drug-likeness (QED) is 0.206. The molecule has 0 saturated heterocycles. The Morgan fingerprint density at radius 3 is 2.30 bits per heavy atom. The maximum atomic E-state index is 5.32. The molecule has 200 valence electrons. The Bertz CT molecular complexity index is 2460. The van der Waals surface area contributed by atoms with Gasteiger partial charge in [-0.15, -0.1) is 0 Å². The zero-order valence-corrected chi connectivity index (χ0v) is 22.9. The van der Waals surface area contributed by atoms with E-state index in [9.17, 15) is 0 Å². The van der Waals surface area contributed by atoms with Crippen molar-refractivity contribution in [2.45, 2.75) is 0 Å². The third-order valence-electron chi connectivity index (χ3n) is 8.16. The number of nitrogens with zero attached hydrogens (tertiary/aromatic N) is 6. The molecule has 9 rings (SSSR count). The van der Waals surface area contributed by atoms with Gasteiger partial charge in [0.25, 0.3) is 0 Å². The number of aromatic nitrogens is 6. The van der Waals surface area contributed by atoms with Crippen molar-refractivity contribution >= 4 is 54.4 Å². The average Bonchev–Trinajstić information content (AvgIpc) is 3.41. The van der Waals surface area contributed by atoms with Crippen molar-refractivity contribution in [3.63, 3.8) is 0 Å². The standard InChI is InChI=1S/C37H22N6/c1-2-9-26-23(8-1)20-24-16-19-38-22-29(24)34(26)37-41-30-11-4-3-10-27(30)35(42-37)25-14-15-31-28(21-25)36-32(12-7-18-40-36)43(31)33-13-5-6-17-39-33/h1-22H. The lowest BCUT2D eigenvalue weighted by atomic mass is 9.97. The van der Waals surface area contributed by atoms with E-state index in [2.05, 4.69) is 81.3 Å². The van der Waals surface area contributed by atoms with E-state index in [0.717, 1.165) is 77.0 Å². The van der Waals surface area contributed by atoms with Crippen LogP contribution in [0.1, 0.15) is 0 Å². The second kappa shape index (κ2) is 9.26. The highest BCUT2D eigenvalue weighted by atomic mass is 15.1. The molecule has 0 N–H and O–H groups in total. The van der Waals surface area contributed by atoms with Crippen LogP contribution < -0.4 is 0 Å². The van der Waals surface area contributed by atoms with Gasteiger partial charge in [0.05, 0.1) is 27.8 Å².